The summed E-state index contributed by atoms with van der Waals surface area (Å²) in [5, 5.41) is 31.0. The van der Waals surface area contributed by atoms with E-state index in [1.54, 1.807) is 6.92 Å². The number of aromatic hydroxyl groups is 2. The van der Waals surface area contributed by atoms with Crippen molar-refractivity contribution in [1.82, 2.24) is 4.57 Å². The monoisotopic (exact) mass is 316 g/mol. The SMILES string of the molecule is [C-]#[N+]c1ccc(-n2c(O)c3c(c2O)C2(C)C[C@H](O)C3O2)cc1F. The van der Waals surface area contributed by atoms with Crippen molar-refractivity contribution < 1.29 is 24.4 Å². The van der Waals surface area contributed by atoms with Crippen LogP contribution < -0.4 is 0 Å². The number of rotatable bonds is 1. The lowest BCUT2D eigenvalue weighted by atomic mass is 9.84. The van der Waals surface area contributed by atoms with Gasteiger partial charge in [0.25, 0.3) is 0 Å². The van der Waals surface area contributed by atoms with Crippen LogP contribution in [0.1, 0.15) is 30.6 Å². The Kier molecular flexibility index (Phi) is 2.60. The average molecular weight is 316 g/mol. The number of halogens is 1. The van der Waals surface area contributed by atoms with Gasteiger partial charge in [-0.25, -0.2) is 9.24 Å². The molecular weight excluding hydrogens is 303 g/mol. The second-order valence-electron chi connectivity index (χ2n) is 6.06. The first-order valence-electron chi connectivity index (χ1n) is 7.07. The number of nitrogens with zero attached hydrogens (tertiary/aromatic N) is 2. The van der Waals surface area contributed by atoms with E-state index in [2.05, 4.69) is 4.85 Å². The Morgan fingerprint density at radius 2 is 2.13 bits per heavy atom. The average Bonchev–Trinajstić information content (AvgIpc) is 3.05. The molecule has 1 saturated heterocycles. The van der Waals surface area contributed by atoms with Gasteiger partial charge in [-0.15, -0.1) is 0 Å². The van der Waals surface area contributed by atoms with Gasteiger partial charge in [-0.05, 0) is 19.1 Å². The van der Waals surface area contributed by atoms with Crippen molar-refractivity contribution >= 4 is 5.69 Å². The van der Waals surface area contributed by atoms with Gasteiger partial charge in [-0.1, -0.05) is 6.07 Å². The third-order valence-corrected chi connectivity index (χ3v) is 4.62. The molecule has 7 heteroatoms. The Bertz CT molecular complexity index is 885. The lowest BCUT2D eigenvalue weighted by Crippen LogP contribution is -2.22. The third kappa shape index (κ3) is 1.62. The first-order chi connectivity index (χ1) is 10.9. The highest BCUT2D eigenvalue weighted by Crippen LogP contribution is 2.61. The van der Waals surface area contributed by atoms with Gasteiger partial charge in [0.05, 0.1) is 35.1 Å². The van der Waals surface area contributed by atoms with E-state index in [-0.39, 0.29) is 23.1 Å². The van der Waals surface area contributed by atoms with Crippen LogP contribution in [0.2, 0.25) is 0 Å². The summed E-state index contributed by atoms with van der Waals surface area (Å²) in [7, 11) is 0. The number of aliphatic hydroxyl groups is 1. The van der Waals surface area contributed by atoms with Crippen molar-refractivity contribution in [2.24, 2.45) is 0 Å². The Hall–Kier alpha value is -2.56. The molecule has 118 valence electrons. The van der Waals surface area contributed by atoms with Gasteiger partial charge in [0.15, 0.2) is 0 Å². The third-order valence-electron chi connectivity index (χ3n) is 4.62. The van der Waals surface area contributed by atoms with Crippen LogP contribution in [-0.2, 0) is 10.3 Å². The molecule has 2 unspecified atom stereocenters. The highest BCUT2D eigenvalue weighted by atomic mass is 19.1. The Morgan fingerprint density at radius 3 is 2.78 bits per heavy atom. The normalized spacial score (nSPS) is 27.9. The number of fused-ring (bicyclic) bond motifs is 5. The Morgan fingerprint density at radius 1 is 1.39 bits per heavy atom. The molecule has 3 atom stereocenters. The minimum atomic E-state index is -0.888. The molecule has 1 aromatic heterocycles. The van der Waals surface area contributed by atoms with Gasteiger partial charge >= 0.3 is 0 Å². The fraction of sp³-hybridized carbons (Fsp3) is 0.312. The van der Waals surface area contributed by atoms with Crippen LogP contribution in [-0.4, -0.2) is 26.0 Å². The topological polar surface area (TPSA) is 79.2 Å². The summed E-state index contributed by atoms with van der Waals surface area (Å²) in [5.41, 5.74) is -0.0882. The van der Waals surface area contributed by atoms with Gasteiger partial charge < -0.3 is 20.1 Å². The van der Waals surface area contributed by atoms with Crippen molar-refractivity contribution in [3.05, 3.63) is 46.6 Å². The van der Waals surface area contributed by atoms with Gasteiger partial charge in [-0.2, -0.15) is 0 Å². The molecule has 0 aliphatic carbocycles. The van der Waals surface area contributed by atoms with Gasteiger partial charge in [-0.3, -0.25) is 4.57 Å². The molecule has 2 aliphatic heterocycles. The lowest BCUT2D eigenvalue weighted by Gasteiger charge is -2.20. The molecular formula is C16H13FN2O4. The second kappa shape index (κ2) is 4.25. The van der Waals surface area contributed by atoms with E-state index in [0.717, 1.165) is 10.6 Å². The summed E-state index contributed by atoms with van der Waals surface area (Å²) in [5.74, 6) is -1.28. The molecule has 23 heavy (non-hydrogen) atoms. The molecule has 0 amide bonds. The van der Waals surface area contributed by atoms with E-state index in [1.165, 1.54) is 12.1 Å². The number of benzene rings is 1. The largest absolute Gasteiger partial charge is 0.494 e. The van der Waals surface area contributed by atoms with Crippen molar-refractivity contribution in [2.45, 2.75) is 31.2 Å². The predicted octanol–water partition coefficient (Wildman–Crippen LogP) is 2.63. The van der Waals surface area contributed by atoms with E-state index in [9.17, 15) is 19.7 Å². The highest BCUT2D eigenvalue weighted by molar-refractivity contribution is 5.61. The maximum atomic E-state index is 13.9. The first-order valence-corrected chi connectivity index (χ1v) is 7.07. The van der Waals surface area contributed by atoms with E-state index in [0.29, 0.717) is 17.5 Å². The fourth-order valence-corrected chi connectivity index (χ4v) is 3.65. The van der Waals surface area contributed by atoms with Crippen LogP contribution >= 0.6 is 0 Å². The quantitative estimate of drug-likeness (QED) is 0.707. The van der Waals surface area contributed by atoms with Crippen molar-refractivity contribution in [2.75, 3.05) is 0 Å². The summed E-state index contributed by atoms with van der Waals surface area (Å²) in [6, 6.07) is 3.79. The lowest BCUT2D eigenvalue weighted by molar-refractivity contribution is -0.0236. The van der Waals surface area contributed by atoms with Crippen molar-refractivity contribution in [1.29, 1.82) is 0 Å². The molecule has 3 N–H and O–H groups in total. The highest BCUT2D eigenvalue weighted by Gasteiger charge is 2.57. The van der Waals surface area contributed by atoms with Crippen LogP contribution in [0.15, 0.2) is 18.2 Å². The van der Waals surface area contributed by atoms with Crippen LogP contribution in [0.5, 0.6) is 11.8 Å². The number of hydrogen-bond donors (Lipinski definition) is 3. The molecule has 2 aromatic rings. The Labute approximate surface area is 130 Å². The fourth-order valence-electron chi connectivity index (χ4n) is 3.65. The van der Waals surface area contributed by atoms with E-state index < -0.39 is 23.6 Å². The summed E-state index contributed by atoms with van der Waals surface area (Å²) in [6.07, 6.45) is -1.17. The summed E-state index contributed by atoms with van der Waals surface area (Å²) >= 11 is 0. The molecule has 6 nitrogen and oxygen atoms in total. The zero-order valence-corrected chi connectivity index (χ0v) is 12.1. The Balaban J connectivity index is 1.94. The number of aliphatic hydroxyl groups excluding tert-OH is 1. The van der Waals surface area contributed by atoms with Crippen LogP contribution in [0.25, 0.3) is 10.5 Å². The first kappa shape index (κ1) is 14.1. The molecule has 0 saturated carbocycles. The number of hydrogen-bond acceptors (Lipinski definition) is 4. The molecule has 4 rings (SSSR count). The maximum Gasteiger partial charge on any atom is 0.222 e. The summed E-state index contributed by atoms with van der Waals surface area (Å²) in [4.78, 5) is 3.04. The van der Waals surface area contributed by atoms with E-state index in [1.807, 2.05) is 0 Å². The van der Waals surface area contributed by atoms with Crippen LogP contribution in [0, 0.1) is 12.4 Å². The summed E-state index contributed by atoms with van der Waals surface area (Å²) in [6.45, 7) is 8.60. The predicted molar refractivity (Wildman–Crippen MR) is 77.1 cm³/mol. The molecule has 1 fully saturated rings. The van der Waals surface area contributed by atoms with Crippen molar-refractivity contribution in [3.63, 3.8) is 0 Å². The zero-order chi connectivity index (χ0) is 16.5. The molecule has 0 radical (unpaired) electrons. The van der Waals surface area contributed by atoms with Gasteiger partial charge in [0, 0.05) is 6.42 Å². The summed E-state index contributed by atoms with van der Waals surface area (Å²) < 4.78 is 20.7. The molecule has 0 spiro atoms. The van der Waals surface area contributed by atoms with Crippen LogP contribution in [0.3, 0.4) is 0 Å². The van der Waals surface area contributed by atoms with E-state index in [4.69, 9.17) is 11.3 Å². The van der Waals surface area contributed by atoms with Gasteiger partial charge in [0.1, 0.15) is 11.9 Å². The molecule has 3 heterocycles. The number of ether oxygens (including phenoxy) is 1. The standard InChI is InChI=1S/C16H13FN2O4/c1-16-6-10(20)13(23-16)11-12(16)15(22)19(14(11)21)7-3-4-9(18-2)8(17)5-7/h3-5,10,13,20-22H,6H2,1H3/t10-,13?,16?/m0/s1. The van der Waals surface area contributed by atoms with E-state index >= 15 is 0 Å². The van der Waals surface area contributed by atoms with Crippen molar-refractivity contribution in [3.8, 4) is 17.4 Å². The zero-order valence-electron chi connectivity index (χ0n) is 12.1. The maximum absolute atomic E-state index is 13.9. The molecule has 2 bridgehead atoms. The minimum absolute atomic E-state index is 0.141. The minimum Gasteiger partial charge on any atom is -0.494 e. The molecule has 1 aromatic carbocycles. The second-order valence-corrected chi connectivity index (χ2v) is 6.06. The van der Waals surface area contributed by atoms with Crippen LogP contribution in [0.4, 0.5) is 10.1 Å². The molecule has 2 aliphatic rings. The number of aromatic nitrogens is 1. The smallest absolute Gasteiger partial charge is 0.222 e. The van der Waals surface area contributed by atoms with Gasteiger partial charge in [0.2, 0.25) is 17.4 Å².